The molecule has 0 saturated heterocycles. The number of anilines is 1. The molecule has 3 heterocycles. The Balaban J connectivity index is 2.11. The van der Waals surface area contributed by atoms with Crippen molar-refractivity contribution in [1.29, 1.82) is 5.26 Å². The van der Waals surface area contributed by atoms with Gasteiger partial charge in [0.1, 0.15) is 17.2 Å². The molecule has 7 heteroatoms. The average molecular weight is 367 g/mol. The zero-order valence-electron chi connectivity index (χ0n) is 14.2. The van der Waals surface area contributed by atoms with Crippen LogP contribution in [0.1, 0.15) is 28.4 Å². The van der Waals surface area contributed by atoms with Crippen molar-refractivity contribution in [2.75, 3.05) is 18.5 Å². The average Bonchev–Trinajstić information content (AvgIpc) is 3.16. The van der Waals surface area contributed by atoms with E-state index in [-0.39, 0.29) is 23.4 Å². The van der Waals surface area contributed by atoms with Crippen LogP contribution in [0.2, 0.25) is 0 Å². The second kappa shape index (κ2) is 7.85. The van der Waals surface area contributed by atoms with Crippen LogP contribution in [-0.2, 0) is 11.2 Å². The smallest absolute Gasteiger partial charge is 0.342 e. The molecule has 0 aliphatic heterocycles. The summed E-state index contributed by atoms with van der Waals surface area (Å²) < 4.78 is 6.47. The minimum absolute atomic E-state index is 0.0953. The standard InChI is InChI=1S/C19H17N3O3S/c1-2-25-19(24)16-15-5-3-4-9-22(15)18(23)14(11-20)17(16)21-8-6-13-7-10-26-12-13/h3-5,7,9-10,12,21H,2,6,8H2,1H3. The molecule has 0 amide bonds. The van der Waals surface area contributed by atoms with Crippen molar-refractivity contribution in [3.05, 3.63) is 68.3 Å². The van der Waals surface area contributed by atoms with E-state index >= 15 is 0 Å². The predicted molar refractivity (Wildman–Crippen MR) is 101 cm³/mol. The maximum absolute atomic E-state index is 12.7. The second-order valence-corrected chi connectivity index (χ2v) is 6.31. The third-order valence-corrected chi connectivity index (χ3v) is 4.67. The summed E-state index contributed by atoms with van der Waals surface area (Å²) in [6.45, 7) is 2.40. The zero-order valence-corrected chi connectivity index (χ0v) is 15.0. The Bertz CT molecular complexity index is 1030. The van der Waals surface area contributed by atoms with Gasteiger partial charge in [-0.25, -0.2) is 4.79 Å². The number of aromatic nitrogens is 1. The van der Waals surface area contributed by atoms with Crippen LogP contribution >= 0.6 is 11.3 Å². The van der Waals surface area contributed by atoms with E-state index in [1.54, 1.807) is 36.5 Å². The van der Waals surface area contributed by atoms with Gasteiger partial charge in [-0.15, -0.1) is 0 Å². The highest BCUT2D eigenvalue weighted by atomic mass is 32.1. The summed E-state index contributed by atoms with van der Waals surface area (Å²) >= 11 is 1.60. The van der Waals surface area contributed by atoms with Gasteiger partial charge in [-0.3, -0.25) is 9.20 Å². The van der Waals surface area contributed by atoms with Crippen molar-refractivity contribution in [2.24, 2.45) is 0 Å². The fourth-order valence-electron chi connectivity index (χ4n) is 2.76. The first-order valence-corrected chi connectivity index (χ1v) is 9.11. The molecule has 3 aromatic rings. The van der Waals surface area contributed by atoms with E-state index in [2.05, 4.69) is 5.32 Å². The van der Waals surface area contributed by atoms with Gasteiger partial charge < -0.3 is 10.1 Å². The zero-order chi connectivity index (χ0) is 18.5. The van der Waals surface area contributed by atoms with E-state index in [1.165, 1.54) is 10.6 Å². The van der Waals surface area contributed by atoms with Crippen LogP contribution in [0.5, 0.6) is 0 Å². The number of nitrogens with one attached hydrogen (secondary N) is 1. The van der Waals surface area contributed by atoms with Gasteiger partial charge in [-0.2, -0.15) is 16.6 Å². The van der Waals surface area contributed by atoms with Crippen LogP contribution < -0.4 is 10.9 Å². The lowest BCUT2D eigenvalue weighted by atomic mass is 10.1. The lowest BCUT2D eigenvalue weighted by molar-refractivity contribution is 0.0529. The van der Waals surface area contributed by atoms with Crippen molar-refractivity contribution < 1.29 is 9.53 Å². The molecule has 0 aromatic carbocycles. The number of thiophene rings is 1. The molecule has 0 fully saturated rings. The van der Waals surface area contributed by atoms with E-state index in [4.69, 9.17) is 4.74 Å². The molecule has 26 heavy (non-hydrogen) atoms. The minimum Gasteiger partial charge on any atom is -0.462 e. The molecule has 132 valence electrons. The van der Waals surface area contributed by atoms with E-state index in [0.717, 1.165) is 5.56 Å². The van der Waals surface area contributed by atoms with Crippen LogP contribution in [0, 0.1) is 11.3 Å². The summed E-state index contributed by atoms with van der Waals surface area (Å²) in [6, 6.07) is 9.02. The first-order chi connectivity index (χ1) is 12.7. The van der Waals surface area contributed by atoms with Crippen LogP contribution in [-0.4, -0.2) is 23.5 Å². The SMILES string of the molecule is CCOC(=O)c1c(NCCc2ccsc2)c(C#N)c(=O)n2ccccc12. The molecule has 1 N–H and O–H groups in total. The fraction of sp³-hybridized carbons (Fsp3) is 0.211. The van der Waals surface area contributed by atoms with Crippen molar-refractivity contribution in [2.45, 2.75) is 13.3 Å². The topological polar surface area (TPSA) is 83.6 Å². The van der Waals surface area contributed by atoms with Gasteiger partial charge >= 0.3 is 5.97 Å². The molecular weight excluding hydrogens is 350 g/mol. The summed E-state index contributed by atoms with van der Waals surface area (Å²) in [4.78, 5) is 25.2. The van der Waals surface area contributed by atoms with Gasteiger partial charge in [0, 0.05) is 12.7 Å². The lowest BCUT2D eigenvalue weighted by Crippen LogP contribution is -2.24. The number of hydrogen-bond acceptors (Lipinski definition) is 6. The number of fused-ring (bicyclic) bond motifs is 1. The minimum atomic E-state index is -0.564. The number of ether oxygens (including phenoxy) is 1. The molecule has 3 aromatic heterocycles. The summed E-state index contributed by atoms with van der Waals surface area (Å²) in [7, 11) is 0. The van der Waals surface area contributed by atoms with Crippen LogP contribution in [0.25, 0.3) is 5.52 Å². The highest BCUT2D eigenvalue weighted by Crippen LogP contribution is 2.24. The molecule has 0 bridgehead atoms. The first kappa shape index (κ1) is 17.7. The van der Waals surface area contributed by atoms with Crippen molar-refractivity contribution in [1.82, 2.24) is 4.40 Å². The highest BCUT2D eigenvalue weighted by molar-refractivity contribution is 7.07. The Kier molecular flexibility index (Phi) is 5.34. The van der Waals surface area contributed by atoms with Crippen molar-refractivity contribution in [3.8, 4) is 6.07 Å². The maximum atomic E-state index is 12.7. The van der Waals surface area contributed by atoms with Crippen LogP contribution in [0.4, 0.5) is 5.69 Å². The van der Waals surface area contributed by atoms with Crippen molar-refractivity contribution >= 4 is 28.5 Å². The van der Waals surface area contributed by atoms with Gasteiger partial charge in [0.05, 0.1) is 17.8 Å². The van der Waals surface area contributed by atoms with Gasteiger partial charge in [0.2, 0.25) is 0 Å². The lowest BCUT2D eigenvalue weighted by Gasteiger charge is -2.15. The number of nitriles is 1. The summed E-state index contributed by atoms with van der Waals surface area (Å²) in [5, 5.41) is 16.7. The Morgan fingerprint density at radius 3 is 2.92 bits per heavy atom. The van der Waals surface area contributed by atoms with Gasteiger partial charge in [0.15, 0.2) is 0 Å². The Morgan fingerprint density at radius 2 is 2.23 bits per heavy atom. The molecule has 0 saturated carbocycles. The van der Waals surface area contributed by atoms with Crippen LogP contribution in [0.15, 0.2) is 46.0 Å². The summed E-state index contributed by atoms with van der Waals surface area (Å²) in [5.74, 6) is -0.564. The van der Waals surface area contributed by atoms with Gasteiger partial charge in [0.25, 0.3) is 5.56 Å². The monoisotopic (exact) mass is 367 g/mol. The number of rotatable bonds is 6. The summed E-state index contributed by atoms with van der Waals surface area (Å²) in [5.41, 5.74) is 1.44. The third-order valence-electron chi connectivity index (χ3n) is 3.94. The first-order valence-electron chi connectivity index (χ1n) is 8.17. The van der Waals surface area contributed by atoms with Gasteiger partial charge in [-0.1, -0.05) is 6.07 Å². The normalized spacial score (nSPS) is 10.5. The van der Waals surface area contributed by atoms with Gasteiger partial charge in [-0.05, 0) is 47.9 Å². The maximum Gasteiger partial charge on any atom is 0.342 e. The third kappa shape index (κ3) is 3.32. The number of nitrogens with zero attached hydrogens (tertiary/aromatic N) is 2. The van der Waals surface area contributed by atoms with E-state index in [0.29, 0.717) is 18.5 Å². The molecule has 0 spiro atoms. The molecule has 0 aliphatic carbocycles. The number of pyridine rings is 2. The number of carbonyl (C=O) groups is 1. The Hall–Kier alpha value is -3.11. The number of hydrogen-bond donors (Lipinski definition) is 1. The largest absolute Gasteiger partial charge is 0.462 e. The van der Waals surface area contributed by atoms with E-state index < -0.39 is 11.5 Å². The number of esters is 1. The quantitative estimate of drug-likeness (QED) is 0.677. The molecule has 0 radical (unpaired) electrons. The second-order valence-electron chi connectivity index (χ2n) is 5.53. The summed E-state index contributed by atoms with van der Waals surface area (Å²) in [6.07, 6.45) is 2.25. The van der Waals surface area contributed by atoms with E-state index in [9.17, 15) is 14.9 Å². The number of carbonyl (C=O) groups excluding carboxylic acids is 1. The Morgan fingerprint density at radius 1 is 1.38 bits per heavy atom. The molecule has 0 atom stereocenters. The predicted octanol–water partition coefficient (Wildman–Crippen LogP) is 3.06. The molecule has 0 unspecified atom stereocenters. The highest BCUT2D eigenvalue weighted by Gasteiger charge is 2.23. The van der Waals surface area contributed by atoms with Crippen LogP contribution in [0.3, 0.4) is 0 Å². The Labute approximate surface area is 154 Å². The molecule has 0 aliphatic rings. The van der Waals surface area contributed by atoms with E-state index in [1.807, 2.05) is 22.9 Å². The molecule has 3 rings (SSSR count). The molecule has 6 nitrogen and oxygen atoms in total. The fourth-order valence-corrected chi connectivity index (χ4v) is 3.46. The van der Waals surface area contributed by atoms with Crippen molar-refractivity contribution in [3.63, 3.8) is 0 Å². The molecular formula is C19H17N3O3S.